The fraction of sp³-hybridized carbons (Fsp3) is 0.524. The van der Waals surface area contributed by atoms with Crippen molar-refractivity contribution in [1.82, 2.24) is 20.4 Å². The average molecular weight is 399 g/mol. The van der Waals surface area contributed by atoms with Crippen LogP contribution in [0.15, 0.2) is 24.3 Å². The molecule has 29 heavy (non-hydrogen) atoms. The summed E-state index contributed by atoms with van der Waals surface area (Å²) in [5, 5.41) is 13.8. The van der Waals surface area contributed by atoms with Crippen LogP contribution in [0.25, 0.3) is 0 Å². The largest absolute Gasteiger partial charge is 0.341 e. The molecule has 2 N–H and O–H groups in total. The number of benzene rings is 1. The predicted molar refractivity (Wildman–Crippen MR) is 109 cm³/mol. The maximum atomic E-state index is 12.6. The van der Waals surface area contributed by atoms with Crippen LogP contribution in [0.1, 0.15) is 41.0 Å². The van der Waals surface area contributed by atoms with Gasteiger partial charge in [0.15, 0.2) is 0 Å². The monoisotopic (exact) mass is 399 g/mol. The van der Waals surface area contributed by atoms with Crippen molar-refractivity contribution < 1.29 is 14.4 Å². The van der Waals surface area contributed by atoms with Gasteiger partial charge >= 0.3 is 0 Å². The molecular formula is C21H29N5O3. The molecule has 0 aliphatic carbocycles. The van der Waals surface area contributed by atoms with E-state index in [4.69, 9.17) is 5.26 Å². The van der Waals surface area contributed by atoms with Crippen molar-refractivity contribution in [1.29, 1.82) is 5.26 Å². The second-order valence-corrected chi connectivity index (χ2v) is 7.70. The Morgan fingerprint density at radius 1 is 1.07 bits per heavy atom. The Hall–Kier alpha value is -2.92. The number of hydrogen-bond acceptors (Lipinski definition) is 5. The summed E-state index contributed by atoms with van der Waals surface area (Å²) in [6, 6.07) is 7.61. The van der Waals surface area contributed by atoms with Gasteiger partial charge in [-0.25, -0.2) is 0 Å². The molecule has 1 atom stereocenters. The fourth-order valence-corrected chi connectivity index (χ4v) is 3.15. The van der Waals surface area contributed by atoms with E-state index in [2.05, 4.69) is 15.5 Å². The lowest BCUT2D eigenvalue weighted by molar-refractivity contribution is -0.123. The lowest BCUT2D eigenvalue weighted by atomic mass is 10.0. The lowest BCUT2D eigenvalue weighted by Crippen LogP contribution is -2.47. The zero-order valence-electron chi connectivity index (χ0n) is 17.3. The Balaban J connectivity index is 2.01. The molecule has 1 fully saturated rings. The predicted octanol–water partition coefficient (Wildman–Crippen LogP) is 0.858. The minimum atomic E-state index is -0.720. The van der Waals surface area contributed by atoms with Crippen molar-refractivity contribution in [2.24, 2.45) is 5.92 Å². The molecule has 0 aromatic heterocycles. The number of nitriles is 1. The molecule has 1 saturated heterocycles. The van der Waals surface area contributed by atoms with Crippen molar-refractivity contribution in [2.75, 3.05) is 39.8 Å². The first-order valence-electron chi connectivity index (χ1n) is 9.85. The number of nitrogens with one attached hydrogen (secondary N) is 2. The van der Waals surface area contributed by atoms with Crippen LogP contribution in [0.2, 0.25) is 0 Å². The molecule has 1 unspecified atom stereocenters. The van der Waals surface area contributed by atoms with Crippen LogP contribution in [0.4, 0.5) is 0 Å². The number of nitrogens with zero attached hydrogens (tertiary/aromatic N) is 3. The van der Waals surface area contributed by atoms with Gasteiger partial charge in [-0.15, -0.1) is 0 Å². The average Bonchev–Trinajstić information content (AvgIpc) is 2.71. The molecule has 8 nitrogen and oxygen atoms in total. The van der Waals surface area contributed by atoms with Crippen LogP contribution in [0, 0.1) is 17.2 Å². The molecule has 1 aromatic carbocycles. The number of piperazine rings is 1. The molecular weight excluding hydrogens is 370 g/mol. The highest BCUT2D eigenvalue weighted by Gasteiger charge is 2.23. The van der Waals surface area contributed by atoms with Crippen molar-refractivity contribution in [3.63, 3.8) is 0 Å². The summed E-state index contributed by atoms with van der Waals surface area (Å²) in [7, 11) is 2.03. The van der Waals surface area contributed by atoms with Crippen molar-refractivity contribution in [2.45, 2.75) is 26.3 Å². The Bertz CT molecular complexity index is 762. The number of hydrogen-bond donors (Lipinski definition) is 2. The van der Waals surface area contributed by atoms with Crippen LogP contribution in [0.5, 0.6) is 0 Å². The van der Waals surface area contributed by atoms with E-state index in [9.17, 15) is 14.4 Å². The van der Waals surface area contributed by atoms with Crippen LogP contribution < -0.4 is 10.6 Å². The quantitative estimate of drug-likeness (QED) is 0.662. The van der Waals surface area contributed by atoms with Gasteiger partial charge in [-0.1, -0.05) is 13.8 Å². The van der Waals surface area contributed by atoms with Crippen molar-refractivity contribution >= 4 is 17.7 Å². The summed E-state index contributed by atoms with van der Waals surface area (Å²) in [6.07, 6.45) is 0.461. The van der Waals surface area contributed by atoms with E-state index in [0.717, 1.165) is 13.1 Å². The van der Waals surface area contributed by atoms with E-state index in [1.54, 1.807) is 24.3 Å². The standard InChI is InChI=1S/C21H29N5O3/c1-15(2)14-18(20(28)23-9-8-22)24-19(27)16-4-6-17(7-5-16)21(29)26-12-10-25(3)11-13-26/h4-7,15,18H,9-14H2,1-3H3,(H,23,28)(H,24,27). The molecule has 1 aliphatic heterocycles. The number of likely N-dealkylation sites (N-methyl/N-ethyl adjacent to an activating group) is 1. The van der Waals surface area contributed by atoms with Crippen molar-refractivity contribution in [3.8, 4) is 6.07 Å². The van der Waals surface area contributed by atoms with E-state index in [1.807, 2.05) is 31.9 Å². The third-order valence-electron chi connectivity index (χ3n) is 4.86. The highest BCUT2D eigenvalue weighted by Crippen LogP contribution is 2.11. The molecule has 1 aliphatic rings. The zero-order chi connectivity index (χ0) is 21.4. The van der Waals surface area contributed by atoms with Gasteiger partial charge in [0.2, 0.25) is 5.91 Å². The van der Waals surface area contributed by atoms with Gasteiger partial charge in [0.25, 0.3) is 11.8 Å². The number of rotatable bonds is 7. The molecule has 156 valence electrons. The maximum Gasteiger partial charge on any atom is 0.253 e. The summed E-state index contributed by atoms with van der Waals surface area (Å²) < 4.78 is 0. The number of amides is 3. The summed E-state index contributed by atoms with van der Waals surface area (Å²) >= 11 is 0. The van der Waals surface area contributed by atoms with Gasteiger partial charge in [-0.05, 0) is 43.7 Å². The zero-order valence-corrected chi connectivity index (χ0v) is 17.3. The fourth-order valence-electron chi connectivity index (χ4n) is 3.15. The SMILES string of the molecule is CC(C)CC(NC(=O)c1ccc(C(=O)N2CCN(C)CC2)cc1)C(=O)NCC#N. The van der Waals surface area contributed by atoms with Crippen LogP contribution >= 0.6 is 0 Å². The highest BCUT2D eigenvalue weighted by atomic mass is 16.2. The van der Waals surface area contributed by atoms with Gasteiger partial charge < -0.3 is 20.4 Å². The topological polar surface area (TPSA) is 106 Å². The van der Waals surface area contributed by atoms with Gasteiger partial charge in [0, 0.05) is 37.3 Å². The second kappa shape index (κ2) is 10.6. The lowest BCUT2D eigenvalue weighted by Gasteiger charge is -2.32. The molecule has 8 heteroatoms. The number of carbonyl (C=O) groups is 3. The first-order chi connectivity index (χ1) is 13.8. The third kappa shape index (κ3) is 6.57. The minimum Gasteiger partial charge on any atom is -0.341 e. The van der Waals surface area contributed by atoms with E-state index in [1.165, 1.54) is 0 Å². The number of carbonyl (C=O) groups excluding carboxylic acids is 3. The van der Waals surface area contributed by atoms with E-state index in [-0.39, 0.29) is 30.2 Å². The van der Waals surface area contributed by atoms with Crippen LogP contribution in [0.3, 0.4) is 0 Å². The molecule has 0 bridgehead atoms. The van der Waals surface area contributed by atoms with Crippen molar-refractivity contribution in [3.05, 3.63) is 35.4 Å². The first-order valence-corrected chi connectivity index (χ1v) is 9.85. The van der Waals surface area contributed by atoms with E-state index < -0.39 is 6.04 Å². The molecule has 1 heterocycles. The van der Waals surface area contributed by atoms with Gasteiger partial charge in [0.1, 0.15) is 12.6 Å². The normalized spacial score (nSPS) is 15.5. The Morgan fingerprint density at radius 3 is 2.21 bits per heavy atom. The van der Waals surface area contributed by atoms with Gasteiger partial charge in [0.05, 0.1) is 6.07 Å². The molecule has 0 radical (unpaired) electrons. The Kier molecular flexibility index (Phi) is 8.16. The van der Waals surface area contributed by atoms with E-state index >= 15 is 0 Å². The Morgan fingerprint density at radius 2 is 1.66 bits per heavy atom. The van der Waals surface area contributed by atoms with Crippen LogP contribution in [-0.4, -0.2) is 73.3 Å². The maximum absolute atomic E-state index is 12.6. The molecule has 3 amide bonds. The molecule has 1 aromatic rings. The molecule has 0 saturated carbocycles. The Labute approximate surface area is 171 Å². The van der Waals surface area contributed by atoms with Gasteiger partial charge in [-0.2, -0.15) is 5.26 Å². The summed E-state index contributed by atoms with van der Waals surface area (Å²) in [5.74, 6) is -0.618. The first kappa shape index (κ1) is 22.4. The minimum absolute atomic E-state index is 0.0429. The van der Waals surface area contributed by atoms with E-state index in [0.29, 0.717) is 30.6 Å². The summed E-state index contributed by atoms with van der Waals surface area (Å²) in [6.45, 7) is 6.87. The van der Waals surface area contributed by atoms with Gasteiger partial charge in [-0.3, -0.25) is 14.4 Å². The molecule has 2 rings (SSSR count). The summed E-state index contributed by atoms with van der Waals surface area (Å²) in [4.78, 5) is 41.4. The highest BCUT2D eigenvalue weighted by molar-refractivity contribution is 5.99. The second-order valence-electron chi connectivity index (χ2n) is 7.70. The third-order valence-corrected chi connectivity index (χ3v) is 4.86. The van der Waals surface area contributed by atoms with Crippen LogP contribution in [-0.2, 0) is 4.79 Å². The molecule has 0 spiro atoms. The smallest absolute Gasteiger partial charge is 0.253 e. The summed E-state index contributed by atoms with van der Waals surface area (Å²) in [5.41, 5.74) is 0.915.